The molecule has 7 aromatic carbocycles. The third-order valence-corrected chi connectivity index (χ3v) is 11.4. The van der Waals surface area contributed by atoms with E-state index >= 15 is 0 Å². The lowest BCUT2D eigenvalue weighted by Gasteiger charge is -2.45. The molecule has 0 aromatic heterocycles. The lowest BCUT2D eigenvalue weighted by Crippen LogP contribution is -2.34. The molecule has 0 saturated heterocycles. The molecule has 0 bridgehead atoms. The van der Waals surface area contributed by atoms with Gasteiger partial charge in [0.1, 0.15) is 0 Å². The molecule has 0 amide bonds. The van der Waals surface area contributed by atoms with Gasteiger partial charge in [-0.15, -0.1) is 0 Å². The number of hydrogen-bond donors (Lipinski definition) is 0. The molecular weight excluding hydrogens is 579 g/mol. The minimum Gasteiger partial charge on any atom is -0.309 e. The third-order valence-electron chi connectivity index (χ3n) is 11.4. The Morgan fingerprint density at radius 1 is 0.396 bits per heavy atom. The first-order chi connectivity index (χ1) is 23.5. The summed E-state index contributed by atoms with van der Waals surface area (Å²) in [6.45, 7) is 7.35. The topological polar surface area (TPSA) is 3.24 Å². The minimum atomic E-state index is -0.318. The van der Waals surface area contributed by atoms with E-state index in [1.165, 1.54) is 89.4 Å². The molecule has 1 heteroatoms. The molecule has 1 heterocycles. The lowest BCUT2D eigenvalue weighted by atomic mass is 9.67. The van der Waals surface area contributed by atoms with Gasteiger partial charge in [-0.2, -0.15) is 0 Å². The van der Waals surface area contributed by atoms with Gasteiger partial charge >= 0.3 is 0 Å². The molecule has 0 radical (unpaired) electrons. The van der Waals surface area contributed by atoms with Crippen molar-refractivity contribution in [2.75, 3.05) is 4.90 Å². The SMILES string of the molecule is CC1(C)c2ccccc2-c2c(-c3ccccc3)c3c4c(c21)N(c1ccc(-c2ccccc2)cc1)c1ccccc1C4(C)c1ccccc1-3. The van der Waals surface area contributed by atoms with Gasteiger partial charge in [-0.3, -0.25) is 0 Å². The summed E-state index contributed by atoms with van der Waals surface area (Å²) >= 11 is 0. The number of benzene rings is 7. The number of fused-ring (bicyclic) bond motifs is 9. The van der Waals surface area contributed by atoms with E-state index < -0.39 is 0 Å². The van der Waals surface area contributed by atoms with Crippen molar-refractivity contribution in [2.24, 2.45) is 0 Å². The fourth-order valence-electron chi connectivity index (χ4n) is 9.33. The van der Waals surface area contributed by atoms with Gasteiger partial charge in [0.05, 0.1) is 11.4 Å². The zero-order chi connectivity index (χ0) is 32.2. The van der Waals surface area contributed by atoms with Crippen LogP contribution in [0.5, 0.6) is 0 Å². The molecule has 7 aromatic rings. The zero-order valence-electron chi connectivity index (χ0n) is 27.5. The Labute approximate surface area is 282 Å². The van der Waals surface area contributed by atoms with Crippen LogP contribution in [0.1, 0.15) is 48.6 Å². The van der Waals surface area contributed by atoms with Crippen molar-refractivity contribution < 1.29 is 0 Å². The second-order valence-corrected chi connectivity index (χ2v) is 14.2. The Kier molecular flexibility index (Phi) is 5.54. The Hall–Kier alpha value is -5.66. The highest BCUT2D eigenvalue weighted by molar-refractivity contribution is 6.11. The molecule has 1 atom stereocenters. The number of hydrogen-bond acceptors (Lipinski definition) is 1. The molecule has 228 valence electrons. The molecule has 10 rings (SSSR count). The fourth-order valence-corrected chi connectivity index (χ4v) is 9.33. The van der Waals surface area contributed by atoms with Crippen molar-refractivity contribution in [3.63, 3.8) is 0 Å². The van der Waals surface area contributed by atoms with Crippen LogP contribution in [0.15, 0.2) is 158 Å². The van der Waals surface area contributed by atoms with Gasteiger partial charge in [0, 0.05) is 16.5 Å². The summed E-state index contributed by atoms with van der Waals surface area (Å²) in [5, 5.41) is 0. The molecule has 0 fully saturated rings. The molecular formula is C47H35N. The van der Waals surface area contributed by atoms with Crippen molar-refractivity contribution in [3.8, 4) is 44.5 Å². The number of nitrogens with zero attached hydrogens (tertiary/aromatic N) is 1. The Balaban J connectivity index is 1.39. The van der Waals surface area contributed by atoms with E-state index in [0.717, 1.165) is 0 Å². The van der Waals surface area contributed by atoms with Crippen LogP contribution in [0.2, 0.25) is 0 Å². The second kappa shape index (κ2) is 9.69. The smallest absolute Gasteiger partial charge is 0.0559 e. The quantitative estimate of drug-likeness (QED) is 0.192. The first kappa shape index (κ1) is 27.5. The van der Waals surface area contributed by atoms with Crippen molar-refractivity contribution in [1.82, 2.24) is 0 Å². The van der Waals surface area contributed by atoms with E-state index in [2.05, 4.69) is 183 Å². The molecule has 0 spiro atoms. The molecule has 0 saturated carbocycles. The average Bonchev–Trinajstić information content (AvgIpc) is 3.55. The molecule has 0 N–H and O–H groups in total. The number of anilines is 3. The summed E-state index contributed by atoms with van der Waals surface area (Å²) in [6, 6.07) is 58.5. The van der Waals surface area contributed by atoms with Gasteiger partial charge < -0.3 is 4.90 Å². The minimum absolute atomic E-state index is 0.218. The summed E-state index contributed by atoms with van der Waals surface area (Å²) in [4.78, 5) is 2.60. The van der Waals surface area contributed by atoms with E-state index in [-0.39, 0.29) is 10.8 Å². The van der Waals surface area contributed by atoms with E-state index in [4.69, 9.17) is 0 Å². The molecule has 3 aliphatic rings. The van der Waals surface area contributed by atoms with Crippen molar-refractivity contribution >= 4 is 17.1 Å². The summed E-state index contributed by atoms with van der Waals surface area (Å²) < 4.78 is 0. The first-order valence-corrected chi connectivity index (χ1v) is 17.0. The van der Waals surface area contributed by atoms with Gasteiger partial charge in [0.25, 0.3) is 0 Å². The van der Waals surface area contributed by atoms with Crippen molar-refractivity contribution in [1.29, 1.82) is 0 Å². The van der Waals surface area contributed by atoms with Gasteiger partial charge in [0.2, 0.25) is 0 Å². The largest absolute Gasteiger partial charge is 0.309 e. The van der Waals surface area contributed by atoms with Crippen LogP contribution in [0, 0.1) is 0 Å². The fraction of sp³-hybridized carbons (Fsp3) is 0.106. The summed E-state index contributed by atoms with van der Waals surface area (Å²) in [6.07, 6.45) is 0. The van der Waals surface area contributed by atoms with Crippen LogP contribution in [0.4, 0.5) is 17.1 Å². The normalized spacial score (nSPS) is 17.3. The average molecular weight is 614 g/mol. The van der Waals surface area contributed by atoms with Gasteiger partial charge in [-0.25, -0.2) is 0 Å². The van der Waals surface area contributed by atoms with E-state index in [1.807, 2.05) is 0 Å². The maximum absolute atomic E-state index is 2.60. The van der Waals surface area contributed by atoms with E-state index in [9.17, 15) is 0 Å². The van der Waals surface area contributed by atoms with Crippen LogP contribution in [-0.2, 0) is 10.8 Å². The highest BCUT2D eigenvalue weighted by Crippen LogP contribution is 2.69. The third kappa shape index (κ3) is 3.41. The molecule has 1 unspecified atom stereocenters. The highest BCUT2D eigenvalue weighted by atomic mass is 15.2. The monoisotopic (exact) mass is 613 g/mol. The zero-order valence-corrected chi connectivity index (χ0v) is 27.5. The highest BCUT2D eigenvalue weighted by Gasteiger charge is 2.54. The Morgan fingerprint density at radius 3 is 1.58 bits per heavy atom. The Bertz CT molecular complexity index is 2420. The van der Waals surface area contributed by atoms with Crippen LogP contribution >= 0.6 is 0 Å². The molecule has 2 aliphatic carbocycles. The van der Waals surface area contributed by atoms with Crippen molar-refractivity contribution in [2.45, 2.75) is 31.6 Å². The van der Waals surface area contributed by atoms with Crippen molar-refractivity contribution in [3.05, 3.63) is 186 Å². The predicted octanol–water partition coefficient (Wildman–Crippen LogP) is 12.4. The van der Waals surface area contributed by atoms with Crippen LogP contribution in [-0.4, -0.2) is 0 Å². The summed E-state index contributed by atoms with van der Waals surface area (Å²) in [5.74, 6) is 0. The predicted molar refractivity (Wildman–Crippen MR) is 201 cm³/mol. The molecule has 1 nitrogen and oxygen atoms in total. The number of rotatable bonds is 3. The first-order valence-electron chi connectivity index (χ1n) is 17.0. The van der Waals surface area contributed by atoms with Gasteiger partial charge in [-0.05, 0) is 97.4 Å². The molecule has 1 aliphatic heterocycles. The van der Waals surface area contributed by atoms with Crippen LogP contribution in [0.25, 0.3) is 44.5 Å². The summed E-state index contributed by atoms with van der Waals surface area (Å²) in [7, 11) is 0. The lowest BCUT2D eigenvalue weighted by molar-refractivity contribution is 0.649. The van der Waals surface area contributed by atoms with E-state index in [1.54, 1.807) is 0 Å². The van der Waals surface area contributed by atoms with E-state index in [0.29, 0.717) is 0 Å². The maximum atomic E-state index is 2.60. The standard InChI is InChI=1S/C47H35N/c1-46(2)36-22-12-10-20-34(36)41-40(32-18-8-5-9-19-32)42-35-21-11-13-23-37(35)47(3)38-24-14-15-25-39(38)48(45(43(41)46)44(42)47)33-28-26-31(27-29-33)30-16-6-4-7-17-30/h4-29H,1-3H3. The van der Waals surface area contributed by atoms with Crippen LogP contribution < -0.4 is 4.90 Å². The molecule has 48 heavy (non-hydrogen) atoms. The Morgan fingerprint density at radius 2 is 0.896 bits per heavy atom. The van der Waals surface area contributed by atoms with Gasteiger partial charge in [-0.1, -0.05) is 153 Å². The number of para-hydroxylation sites is 1. The van der Waals surface area contributed by atoms with Gasteiger partial charge in [0.15, 0.2) is 0 Å². The van der Waals surface area contributed by atoms with Crippen LogP contribution in [0.3, 0.4) is 0 Å². The second-order valence-electron chi connectivity index (χ2n) is 14.2. The summed E-state index contributed by atoms with van der Waals surface area (Å²) in [5.41, 5.74) is 20.7. The maximum Gasteiger partial charge on any atom is 0.0559 e.